The predicted octanol–water partition coefficient (Wildman–Crippen LogP) is 2.55. The van der Waals surface area contributed by atoms with Gasteiger partial charge in [-0.2, -0.15) is 0 Å². The fourth-order valence-corrected chi connectivity index (χ4v) is 2.07. The van der Waals surface area contributed by atoms with E-state index in [1.807, 2.05) is 0 Å². The number of hydrogen-bond acceptors (Lipinski definition) is 5. The van der Waals surface area contributed by atoms with E-state index in [1.165, 1.54) is 18.2 Å². The second-order valence-electron chi connectivity index (χ2n) is 4.41. The molecule has 1 aliphatic heterocycles. The van der Waals surface area contributed by atoms with Crippen molar-refractivity contribution in [3.8, 4) is 17.2 Å². The minimum atomic E-state index is -0.400. The van der Waals surface area contributed by atoms with Crippen molar-refractivity contribution < 1.29 is 25.1 Å². The molecule has 2 aromatic carbocycles. The van der Waals surface area contributed by atoms with Gasteiger partial charge in [-0.05, 0) is 35.4 Å². The van der Waals surface area contributed by atoms with Gasteiger partial charge in [-0.15, -0.1) is 0 Å². The first-order valence-electron chi connectivity index (χ1n) is 5.77. The van der Waals surface area contributed by atoms with E-state index >= 15 is 0 Å². The maximum Gasteiger partial charge on any atom is 0.152 e. The Labute approximate surface area is 109 Å². The first-order chi connectivity index (χ1) is 9.13. The molecule has 5 heteroatoms. The fraction of sp³-hybridized carbons (Fsp3) is 0.143. The van der Waals surface area contributed by atoms with Crippen molar-refractivity contribution >= 4 is 0 Å². The van der Waals surface area contributed by atoms with Crippen LogP contribution in [0.25, 0.3) is 0 Å². The molecule has 0 unspecified atom stereocenters. The Morgan fingerprint density at radius 3 is 1.68 bits per heavy atom. The fourth-order valence-electron chi connectivity index (χ4n) is 2.07. The van der Waals surface area contributed by atoms with E-state index in [0.29, 0.717) is 5.56 Å². The SMILES string of the molecule is Oc1ccc([C@@H]2OO[C@@H]2c2cc(O)cc(O)c2)cc1. The maximum atomic E-state index is 9.47. The Balaban J connectivity index is 1.88. The summed E-state index contributed by atoms with van der Waals surface area (Å²) < 4.78 is 0. The number of hydrogen-bond donors (Lipinski definition) is 3. The van der Waals surface area contributed by atoms with Crippen LogP contribution in [-0.4, -0.2) is 15.3 Å². The van der Waals surface area contributed by atoms with Crippen molar-refractivity contribution in [2.24, 2.45) is 0 Å². The van der Waals surface area contributed by atoms with Crippen LogP contribution in [0.5, 0.6) is 17.2 Å². The first kappa shape index (κ1) is 11.8. The van der Waals surface area contributed by atoms with Crippen molar-refractivity contribution in [3.63, 3.8) is 0 Å². The van der Waals surface area contributed by atoms with Crippen LogP contribution in [0.4, 0.5) is 0 Å². The third-order valence-corrected chi connectivity index (χ3v) is 3.01. The summed E-state index contributed by atoms with van der Waals surface area (Å²) in [5.41, 5.74) is 1.47. The molecular weight excluding hydrogens is 248 g/mol. The van der Waals surface area contributed by atoms with Gasteiger partial charge in [0.15, 0.2) is 12.2 Å². The topological polar surface area (TPSA) is 79.2 Å². The molecule has 0 saturated carbocycles. The monoisotopic (exact) mass is 260 g/mol. The average Bonchev–Trinajstić information content (AvgIpc) is 2.29. The molecule has 3 N–H and O–H groups in total. The zero-order valence-electron chi connectivity index (χ0n) is 9.85. The molecule has 0 spiro atoms. The van der Waals surface area contributed by atoms with E-state index in [1.54, 1.807) is 24.3 Å². The van der Waals surface area contributed by atoms with Crippen LogP contribution in [0.3, 0.4) is 0 Å². The summed E-state index contributed by atoms with van der Waals surface area (Å²) in [5.74, 6) is 0.112. The zero-order valence-corrected chi connectivity index (χ0v) is 9.85. The highest BCUT2D eigenvalue weighted by molar-refractivity contribution is 5.39. The Bertz CT molecular complexity index is 573. The van der Waals surface area contributed by atoms with E-state index in [9.17, 15) is 15.3 Å². The molecule has 3 rings (SSSR count). The lowest BCUT2D eigenvalue weighted by Crippen LogP contribution is -2.27. The Kier molecular flexibility index (Phi) is 2.77. The van der Waals surface area contributed by atoms with E-state index in [0.717, 1.165) is 5.56 Å². The standard InChI is InChI=1S/C14H12O5/c15-10-3-1-8(2-4-10)13-14(19-18-13)9-5-11(16)7-12(17)6-9/h1-7,13-17H/t13-,14+/m0/s1. The van der Waals surface area contributed by atoms with Crippen LogP contribution in [0.2, 0.25) is 0 Å². The number of benzene rings is 2. The summed E-state index contributed by atoms with van der Waals surface area (Å²) in [5, 5.41) is 28.2. The van der Waals surface area contributed by atoms with E-state index in [-0.39, 0.29) is 23.4 Å². The highest BCUT2D eigenvalue weighted by atomic mass is 17.2. The van der Waals surface area contributed by atoms with E-state index in [4.69, 9.17) is 9.78 Å². The van der Waals surface area contributed by atoms with Crippen LogP contribution in [0.15, 0.2) is 42.5 Å². The highest BCUT2D eigenvalue weighted by Crippen LogP contribution is 2.45. The molecule has 98 valence electrons. The molecule has 19 heavy (non-hydrogen) atoms. The molecule has 0 bridgehead atoms. The number of phenolic OH excluding ortho intramolecular Hbond substituents is 3. The molecule has 1 saturated heterocycles. The molecule has 2 aromatic rings. The summed E-state index contributed by atoms with van der Waals surface area (Å²) in [7, 11) is 0. The van der Waals surface area contributed by atoms with Crippen molar-refractivity contribution in [1.82, 2.24) is 0 Å². The van der Waals surface area contributed by atoms with E-state index < -0.39 is 6.10 Å². The summed E-state index contributed by atoms with van der Waals surface area (Å²) in [6.07, 6.45) is -0.732. The quantitative estimate of drug-likeness (QED) is 0.723. The molecule has 0 radical (unpaired) electrons. The van der Waals surface area contributed by atoms with Crippen LogP contribution < -0.4 is 0 Å². The minimum absolute atomic E-state index is 0.0324. The summed E-state index contributed by atoms with van der Waals surface area (Å²) in [6.45, 7) is 0. The normalized spacial score (nSPS) is 21.9. The van der Waals surface area contributed by atoms with Gasteiger partial charge in [-0.25, -0.2) is 9.78 Å². The third-order valence-electron chi connectivity index (χ3n) is 3.01. The third kappa shape index (κ3) is 2.21. The molecule has 1 aliphatic rings. The zero-order chi connectivity index (χ0) is 13.4. The molecule has 5 nitrogen and oxygen atoms in total. The Hall–Kier alpha value is -2.24. The molecule has 0 amide bonds. The van der Waals surface area contributed by atoms with Crippen molar-refractivity contribution in [2.45, 2.75) is 12.2 Å². The van der Waals surface area contributed by atoms with Gasteiger partial charge in [0.2, 0.25) is 0 Å². The van der Waals surface area contributed by atoms with Gasteiger partial charge in [0, 0.05) is 6.07 Å². The smallest absolute Gasteiger partial charge is 0.152 e. The van der Waals surface area contributed by atoms with Crippen LogP contribution >= 0.6 is 0 Å². The number of aromatic hydroxyl groups is 3. The van der Waals surface area contributed by atoms with Gasteiger partial charge in [0.1, 0.15) is 17.2 Å². The summed E-state index contributed by atoms with van der Waals surface area (Å²) >= 11 is 0. The molecular formula is C14H12O5. The van der Waals surface area contributed by atoms with Crippen molar-refractivity contribution in [3.05, 3.63) is 53.6 Å². The Morgan fingerprint density at radius 2 is 1.16 bits per heavy atom. The minimum Gasteiger partial charge on any atom is -0.508 e. The highest BCUT2D eigenvalue weighted by Gasteiger charge is 2.38. The lowest BCUT2D eigenvalue weighted by Gasteiger charge is -2.35. The van der Waals surface area contributed by atoms with Gasteiger partial charge < -0.3 is 15.3 Å². The number of phenols is 3. The largest absolute Gasteiger partial charge is 0.508 e. The first-order valence-corrected chi connectivity index (χ1v) is 5.77. The van der Waals surface area contributed by atoms with Gasteiger partial charge in [-0.1, -0.05) is 12.1 Å². The number of rotatable bonds is 2. The second kappa shape index (κ2) is 4.46. The predicted molar refractivity (Wildman–Crippen MR) is 65.5 cm³/mol. The molecule has 1 heterocycles. The second-order valence-corrected chi connectivity index (χ2v) is 4.41. The van der Waals surface area contributed by atoms with Gasteiger partial charge in [0.05, 0.1) is 0 Å². The van der Waals surface area contributed by atoms with Crippen LogP contribution in [0, 0.1) is 0 Å². The van der Waals surface area contributed by atoms with Crippen molar-refractivity contribution in [2.75, 3.05) is 0 Å². The molecule has 0 aromatic heterocycles. The lowest BCUT2D eigenvalue weighted by atomic mass is 9.96. The van der Waals surface area contributed by atoms with Crippen LogP contribution in [0.1, 0.15) is 23.3 Å². The van der Waals surface area contributed by atoms with Gasteiger partial charge >= 0.3 is 0 Å². The average molecular weight is 260 g/mol. The van der Waals surface area contributed by atoms with E-state index in [2.05, 4.69) is 0 Å². The Morgan fingerprint density at radius 1 is 0.632 bits per heavy atom. The van der Waals surface area contributed by atoms with Crippen LogP contribution in [-0.2, 0) is 9.78 Å². The van der Waals surface area contributed by atoms with Gasteiger partial charge in [0.25, 0.3) is 0 Å². The maximum absolute atomic E-state index is 9.47. The summed E-state index contributed by atoms with van der Waals surface area (Å²) in [4.78, 5) is 10.1. The summed E-state index contributed by atoms with van der Waals surface area (Å²) in [6, 6.07) is 10.9. The molecule has 1 fully saturated rings. The van der Waals surface area contributed by atoms with Gasteiger partial charge in [-0.3, -0.25) is 0 Å². The molecule has 2 atom stereocenters. The lowest BCUT2D eigenvalue weighted by molar-refractivity contribution is -0.475. The molecule has 0 aliphatic carbocycles. The van der Waals surface area contributed by atoms with Crippen molar-refractivity contribution in [1.29, 1.82) is 0 Å².